The maximum Gasteiger partial charge on any atom is 0.257 e. The van der Waals surface area contributed by atoms with Gasteiger partial charge in [0.25, 0.3) is 5.91 Å². The maximum atomic E-state index is 12.1. The number of aromatic hydroxyl groups is 2. The average Bonchev–Trinajstić information content (AvgIpc) is 2.36. The van der Waals surface area contributed by atoms with E-state index < -0.39 is 5.91 Å². The van der Waals surface area contributed by atoms with Crippen molar-refractivity contribution < 1.29 is 20.2 Å². The monoisotopic (exact) mass is 267 g/mol. The van der Waals surface area contributed by atoms with Crippen molar-refractivity contribution in [2.75, 3.05) is 13.6 Å². The van der Waals surface area contributed by atoms with Crippen LogP contribution in [0.2, 0.25) is 0 Å². The smallest absolute Gasteiger partial charge is 0.257 e. The molecule has 1 amide bonds. The van der Waals surface area contributed by atoms with Gasteiger partial charge in [0.1, 0.15) is 17.3 Å². The molecule has 1 aromatic rings. The molecule has 0 heterocycles. The number of hydrogen-bond acceptors (Lipinski definition) is 5. The molecule has 0 aromatic heterocycles. The normalized spacial score (nSPS) is 13.1. The van der Waals surface area contributed by atoms with Crippen LogP contribution in [-0.4, -0.2) is 45.7 Å². The SMILES string of the molecule is CC(CN(C)C(=O)c1ccc(O)cc1O)/C(N)=N/O. The predicted octanol–water partition coefficient (Wildman–Crippen LogP) is 0.552. The molecular formula is C12H17N3O4. The number of hydrogen-bond donors (Lipinski definition) is 4. The zero-order valence-corrected chi connectivity index (χ0v) is 10.7. The Kier molecular flexibility index (Phi) is 4.57. The van der Waals surface area contributed by atoms with Gasteiger partial charge in [-0.05, 0) is 12.1 Å². The molecule has 7 nitrogen and oxygen atoms in total. The summed E-state index contributed by atoms with van der Waals surface area (Å²) in [5.41, 5.74) is 5.51. The lowest BCUT2D eigenvalue weighted by molar-refractivity contribution is 0.0783. The van der Waals surface area contributed by atoms with Crippen LogP contribution < -0.4 is 5.73 Å². The van der Waals surface area contributed by atoms with E-state index in [4.69, 9.17) is 16.0 Å². The fourth-order valence-corrected chi connectivity index (χ4v) is 1.59. The molecule has 0 aliphatic rings. The predicted molar refractivity (Wildman–Crippen MR) is 69.3 cm³/mol. The molecule has 0 spiro atoms. The maximum absolute atomic E-state index is 12.1. The number of phenolic OH excluding ortho intramolecular Hbond substituents is 2. The summed E-state index contributed by atoms with van der Waals surface area (Å²) < 4.78 is 0. The Labute approximate surface area is 110 Å². The first kappa shape index (κ1) is 14.6. The number of nitrogens with zero attached hydrogens (tertiary/aromatic N) is 2. The first-order chi connectivity index (χ1) is 8.86. The molecule has 1 unspecified atom stereocenters. The van der Waals surface area contributed by atoms with E-state index in [0.717, 1.165) is 6.07 Å². The van der Waals surface area contributed by atoms with Gasteiger partial charge in [0.05, 0.1) is 5.56 Å². The third-order valence-electron chi connectivity index (χ3n) is 2.73. The van der Waals surface area contributed by atoms with Gasteiger partial charge >= 0.3 is 0 Å². The molecule has 0 bridgehead atoms. The summed E-state index contributed by atoms with van der Waals surface area (Å²) in [6, 6.07) is 3.74. The molecule has 1 aromatic carbocycles. The standard InChI is InChI=1S/C12H17N3O4/c1-7(11(13)14-19)6-15(2)12(18)9-4-3-8(16)5-10(9)17/h3-5,7,16-17,19H,6H2,1-2H3,(H2,13,14). The van der Waals surface area contributed by atoms with Crippen molar-refractivity contribution >= 4 is 11.7 Å². The Bertz CT molecular complexity index is 502. The van der Waals surface area contributed by atoms with Crippen LogP contribution in [0.5, 0.6) is 11.5 Å². The van der Waals surface area contributed by atoms with Crippen LogP contribution in [0.4, 0.5) is 0 Å². The van der Waals surface area contributed by atoms with E-state index in [2.05, 4.69) is 5.16 Å². The molecule has 0 aliphatic heterocycles. The van der Waals surface area contributed by atoms with Crippen LogP contribution in [0.25, 0.3) is 0 Å². The molecule has 0 saturated heterocycles. The highest BCUT2D eigenvalue weighted by Gasteiger charge is 2.19. The van der Waals surface area contributed by atoms with E-state index in [1.165, 1.54) is 24.1 Å². The Hall–Kier alpha value is -2.44. The van der Waals surface area contributed by atoms with Crippen molar-refractivity contribution in [2.45, 2.75) is 6.92 Å². The van der Waals surface area contributed by atoms with E-state index in [-0.39, 0.29) is 35.4 Å². The molecule has 0 radical (unpaired) electrons. The Morgan fingerprint density at radius 2 is 2.11 bits per heavy atom. The summed E-state index contributed by atoms with van der Waals surface area (Å²) in [6.07, 6.45) is 0. The zero-order chi connectivity index (χ0) is 14.6. The number of benzene rings is 1. The van der Waals surface area contributed by atoms with Gasteiger partial charge < -0.3 is 26.1 Å². The van der Waals surface area contributed by atoms with Crippen molar-refractivity contribution in [3.05, 3.63) is 23.8 Å². The molecule has 1 rings (SSSR count). The second-order valence-corrected chi connectivity index (χ2v) is 4.31. The van der Waals surface area contributed by atoms with E-state index in [0.29, 0.717) is 0 Å². The van der Waals surface area contributed by atoms with Gasteiger partial charge in [-0.1, -0.05) is 12.1 Å². The first-order valence-electron chi connectivity index (χ1n) is 5.61. The largest absolute Gasteiger partial charge is 0.508 e. The van der Waals surface area contributed by atoms with Crippen molar-refractivity contribution in [1.82, 2.24) is 4.90 Å². The summed E-state index contributed by atoms with van der Waals surface area (Å²) in [5, 5.41) is 30.2. The number of nitrogens with two attached hydrogens (primary N) is 1. The van der Waals surface area contributed by atoms with Crippen molar-refractivity contribution in [3.8, 4) is 11.5 Å². The molecule has 19 heavy (non-hydrogen) atoms. The van der Waals surface area contributed by atoms with Crippen LogP contribution in [0, 0.1) is 5.92 Å². The molecule has 0 fully saturated rings. The van der Waals surface area contributed by atoms with Gasteiger partial charge in [-0.25, -0.2) is 0 Å². The molecule has 1 atom stereocenters. The number of carbonyl (C=O) groups is 1. The molecule has 5 N–H and O–H groups in total. The molecule has 0 aliphatic carbocycles. The second-order valence-electron chi connectivity index (χ2n) is 4.31. The van der Waals surface area contributed by atoms with Gasteiger partial charge in [0, 0.05) is 25.6 Å². The van der Waals surface area contributed by atoms with Crippen LogP contribution in [0.1, 0.15) is 17.3 Å². The fourth-order valence-electron chi connectivity index (χ4n) is 1.59. The van der Waals surface area contributed by atoms with Crippen molar-refractivity contribution in [1.29, 1.82) is 0 Å². The van der Waals surface area contributed by atoms with Gasteiger partial charge in [-0.15, -0.1) is 0 Å². The molecular weight excluding hydrogens is 250 g/mol. The summed E-state index contributed by atoms with van der Waals surface area (Å²) in [7, 11) is 1.54. The number of rotatable bonds is 4. The quantitative estimate of drug-likeness (QED) is 0.275. The number of phenols is 2. The highest BCUT2D eigenvalue weighted by Crippen LogP contribution is 2.23. The minimum atomic E-state index is -0.421. The van der Waals surface area contributed by atoms with Crippen LogP contribution in [0.3, 0.4) is 0 Å². The van der Waals surface area contributed by atoms with Gasteiger partial charge in [-0.3, -0.25) is 4.79 Å². The van der Waals surface area contributed by atoms with Crippen LogP contribution in [-0.2, 0) is 0 Å². The number of carbonyl (C=O) groups excluding carboxylic acids is 1. The summed E-state index contributed by atoms with van der Waals surface area (Å²) >= 11 is 0. The zero-order valence-electron chi connectivity index (χ0n) is 10.7. The van der Waals surface area contributed by atoms with E-state index >= 15 is 0 Å². The Morgan fingerprint density at radius 1 is 1.47 bits per heavy atom. The number of amidine groups is 1. The summed E-state index contributed by atoms with van der Waals surface area (Å²) in [6.45, 7) is 1.94. The number of oxime groups is 1. The van der Waals surface area contributed by atoms with Crippen LogP contribution in [0.15, 0.2) is 23.4 Å². The highest BCUT2D eigenvalue weighted by molar-refractivity contribution is 5.97. The second kappa shape index (κ2) is 5.94. The third kappa shape index (κ3) is 3.51. The lowest BCUT2D eigenvalue weighted by Crippen LogP contribution is -2.36. The van der Waals surface area contributed by atoms with Crippen molar-refractivity contribution in [2.24, 2.45) is 16.8 Å². The fraction of sp³-hybridized carbons (Fsp3) is 0.333. The van der Waals surface area contributed by atoms with E-state index in [9.17, 15) is 9.90 Å². The molecule has 7 heteroatoms. The minimum Gasteiger partial charge on any atom is -0.508 e. The van der Waals surface area contributed by atoms with Gasteiger partial charge in [0.2, 0.25) is 0 Å². The summed E-state index contributed by atoms with van der Waals surface area (Å²) in [4.78, 5) is 13.4. The Morgan fingerprint density at radius 3 is 2.63 bits per heavy atom. The van der Waals surface area contributed by atoms with Crippen LogP contribution >= 0.6 is 0 Å². The van der Waals surface area contributed by atoms with E-state index in [1.807, 2.05) is 0 Å². The lowest BCUT2D eigenvalue weighted by Gasteiger charge is -2.21. The van der Waals surface area contributed by atoms with E-state index in [1.54, 1.807) is 6.92 Å². The van der Waals surface area contributed by atoms with Gasteiger partial charge in [0.15, 0.2) is 0 Å². The summed E-state index contributed by atoms with van der Waals surface area (Å²) in [5.74, 6) is -1.14. The number of amides is 1. The minimum absolute atomic E-state index is 0.0228. The lowest BCUT2D eigenvalue weighted by atomic mass is 10.1. The highest BCUT2D eigenvalue weighted by atomic mass is 16.4. The Balaban J connectivity index is 2.82. The molecule has 0 saturated carbocycles. The third-order valence-corrected chi connectivity index (χ3v) is 2.73. The average molecular weight is 267 g/mol. The molecule has 104 valence electrons. The van der Waals surface area contributed by atoms with Crippen molar-refractivity contribution in [3.63, 3.8) is 0 Å². The topological polar surface area (TPSA) is 119 Å². The first-order valence-corrected chi connectivity index (χ1v) is 5.61. The van der Waals surface area contributed by atoms with Gasteiger partial charge in [-0.2, -0.15) is 0 Å².